The van der Waals surface area contributed by atoms with Gasteiger partial charge in [0.15, 0.2) is 0 Å². The van der Waals surface area contributed by atoms with E-state index in [9.17, 15) is 13.2 Å². The van der Waals surface area contributed by atoms with Gasteiger partial charge in [-0.05, 0) is 30.5 Å². The van der Waals surface area contributed by atoms with Crippen molar-refractivity contribution in [1.82, 2.24) is 14.9 Å². The zero-order valence-electron chi connectivity index (χ0n) is 18.6. The molecule has 1 atom stereocenters. The summed E-state index contributed by atoms with van der Waals surface area (Å²) in [5, 5.41) is 3.17. The predicted octanol–water partition coefficient (Wildman–Crippen LogP) is 4.07. The highest BCUT2D eigenvalue weighted by Crippen LogP contribution is 2.38. The highest BCUT2D eigenvalue weighted by Gasteiger charge is 2.34. The number of halogens is 1. The van der Waals surface area contributed by atoms with Crippen LogP contribution in [0, 0.1) is 0 Å². The number of fused-ring (bicyclic) bond motifs is 3. The zero-order chi connectivity index (χ0) is 23.9. The first-order valence-corrected chi connectivity index (χ1v) is 12.9. The van der Waals surface area contributed by atoms with Crippen LogP contribution in [0.5, 0.6) is 0 Å². The summed E-state index contributed by atoms with van der Waals surface area (Å²) in [6, 6.07) is 11.8. The summed E-state index contributed by atoms with van der Waals surface area (Å²) in [5.41, 5.74) is 1.40. The Kier molecular flexibility index (Phi) is 5.91. The molecule has 0 saturated carbocycles. The molecule has 0 aliphatic carbocycles. The fraction of sp³-hybridized carbons (Fsp3) is 0.292. The Labute approximate surface area is 203 Å². The van der Waals surface area contributed by atoms with E-state index >= 15 is 0 Å². The quantitative estimate of drug-likeness (QED) is 0.586. The lowest BCUT2D eigenvalue weighted by Crippen LogP contribution is -2.36. The fourth-order valence-electron chi connectivity index (χ4n) is 4.48. The van der Waals surface area contributed by atoms with Gasteiger partial charge in [0.1, 0.15) is 22.6 Å². The molecular weight excluding hydrogens is 474 g/mol. The molecule has 1 amide bonds. The first-order chi connectivity index (χ1) is 16.3. The van der Waals surface area contributed by atoms with Gasteiger partial charge in [-0.15, -0.1) is 4.40 Å². The molecule has 3 aromatic rings. The first-order valence-electron chi connectivity index (χ1n) is 11.1. The van der Waals surface area contributed by atoms with E-state index in [4.69, 9.17) is 11.6 Å². The average molecular weight is 498 g/mol. The minimum atomic E-state index is -3.94. The number of nitrogens with one attached hydrogen (secondary N) is 1. The minimum absolute atomic E-state index is 0.000882. The second-order valence-corrected chi connectivity index (χ2v) is 10.4. The number of anilines is 1. The van der Waals surface area contributed by atoms with Crippen molar-refractivity contribution in [2.75, 3.05) is 11.4 Å². The number of rotatable bonds is 4. The Morgan fingerprint density at radius 3 is 2.68 bits per heavy atom. The van der Waals surface area contributed by atoms with Crippen LogP contribution in [-0.2, 0) is 17.1 Å². The Balaban J connectivity index is 1.54. The molecule has 176 valence electrons. The first kappa shape index (κ1) is 22.6. The molecule has 34 heavy (non-hydrogen) atoms. The van der Waals surface area contributed by atoms with Crippen LogP contribution in [0.4, 0.5) is 5.69 Å². The summed E-state index contributed by atoms with van der Waals surface area (Å²) < 4.78 is 31.9. The van der Waals surface area contributed by atoms with Crippen LogP contribution in [0.3, 0.4) is 0 Å². The number of amides is 1. The molecule has 1 N–H and O–H groups in total. The SMILES string of the molecule is Cn1ccnc1[C@@H](NC(=O)c1cc2c(cc1Cl)N1CCCCCC1=NS2(=O)=O)c1ccccc1. The topological polar surface area (TPSA) is 96.7 Å². The summed E-state index contributed by atoms with van der Waals surface area (Å²) >= 11 is 6.56. The Hall–Kier alpha value is -3.17. The molecule has 1 aromatic heterocycles. The molecule has 3 heterocycles. The van der Waals surface area contributed by atoms with E-state index in [0.29, 0.717) is 30.3 Å². The third kappa shape index (κ3) is 4.10. The molecule has 1 fully saturated rings. The van der Waals surface area contributed by atoms with E-state index in [1.54, 1.807) is 18.5 Å². The second-order valence-electron chi connectivity index (χ2n) is 8.46. The Bertz CT molecular complexity index is 1380. The van der Waals surface area contributed by atoms with E-state index in [-0.39, 0.29) is 15.5 Å². The number of hydrogen-bond donors (Lipinski definition) is 1. The number of nitrogens with zero attached hydrogens (tertiary/aromatic N) is 4. The summed E-state index contributed by atoms with van der Waals surface area (Å²) in [4.78, 5) is 19.7. The Morgan fingerprint density at radius 2 is 1.94 bits per heavy atom. The molecule has 2 aliphatic rings. The average Bonchev–Trinajstić information content (AvgIpc) is 3.10. The Morgan fingerprint density at radius 1 is 1.15 bits per heavy atom. The lowest BCUT2D eigenvalue weighted by atomic mass is 10.1. The van der Waals surface area contributed by atoms with E-state index in [0.717, 1.165) is 24.8 Å². The monoisotopic (exact) mass is 497 g/mol. The summed E-state index contributed by atoms with van der Waals surface area (Å²) in [7, 11) is -2.09. The molecule has 1 saturated heterocycles. The molecule has 8 nitrogen and oxygen atoms in total. The van der Waals surface area contributed by atoms with Crippen LogP contribution in [0.1, 0.15) is 53.5 Å². The number of imidazole rings is 1. The predicted molar refractivity (Wildman–Crippen MR) is 131 cm³/mol. The van der Waals surface area contributed by atoms with Gasteiger partial charge in [-0.1, -0.05) is 48.4 Å². The molecule has 2 aliphatic heterocycles. The lowest BCUT2D eigenvalue weighted by molar-refractivity contribution is 0.0941. The number of hydrogen-bond acceptors (Lipinski definition) is 5. The number of carbonyl (C=O) groups excluding carboxylic acids is 1. The van der Waals surface area contributed by atoms with Crippen LogP contribution in [0.25, 0.3) is 0 Å². The van der Waals surface area contributed by atoms with Crippen LogP contribution < -0.4 is 10.2 Å². The van der Waals surface area contributed by atoms with E-state index in [2.05, 4.69) is 14.7 Å². The van der Waals surface area contributed by atoms with Crippen molar-refractivity contribution in [3.63, 3.8) is 0 Å². The third-order valence-electron chi connectivity index (χ3n) is 6.21. The zero-order valence-corrected chi connectivity index (χ0v) is 20.2. The number of sulfonamides is 1. The van der Waals surface area contributed by atoms with Crippen molar-refractivity contribution in [3.05, 3.63) is 76.8 Å². The summed E-state index contributed by atoms with van der Waals surface area (Å²) in [5.74, 6) is 0.683. The van der Waals surface area contributed by atoms with Gasteiger partial charge in [0, 0.05) is 32.4 Å². The van der Waals surface area contributed by atoms with Gasteiger partial charge in [0.05, 0.1) is 16.3 Å². The molecule has 2 aromatic carbocycles. The van der Waals surface area contributed by atoms with Crippen molar-refractivity contribution in [2.45, 2.75) is 36.6 Å². The maximum absolute atomic E-state index is 13.4. The molecular formula is C24H24ClN5O3S. The fourth-order valence-corrected chi connectivity index (χ4v) is 5.99. The van der Waals surface area contributed by atoms with Gasteiger partial charge in [0.2, 0.25) is 0 Å². The van der Waals surface area contributed by atoms with Crippen LogP contribution in [-0.4, -0.2) is 36.3 Å². The number of benzene rings is 2. The number of carbonyl (C=O) groups is 1. The highest BCUT2D eigenvalue weighted by atomic mass is 35.5. The summed E-state index contributed by atoms with van der Waals surface area (Å²) in [6.45, 7) is 0.665. The molecule has 0 radical (unpaired) electrons. The molecule has 0 spiro atoms. The van der Waals surface area contributed by atoms with Crippen molar-refractivity contribution < 1.29 is 13.2 Å². The van der Waals surface area contributed by atoms with Gasteiger partial charge in [-0.2, -0.15) is 8.42 Å². The summed E-state index contributed by atoms with van der Waals surface area (Å²) in [6.07, 6.45) is 6.89. The smallest absolute Gasteiger partial charge is 0.286 e. The van der Waals surface area contributed by atoms with Gasteiger partial charge in [-0.25, -0.2) is 4.98 Å². The largest absolute Gasteiger partial charge is 0.338 e. The maximum Gasteiger partial charge on any atom is 0.286 e. The van der Waals surface area contributed by atoms with Crippen molar-refractivity contribution in [2.24, 2.45) is 11.4 Å². The van der Waals surface area contributed by atoms with Crippen molar-refractivity contribution >= 4 is 39.1 Å². The third-order valence-corrected chi connectivity index (χ3v) is 7.85. The molecule has 0 unspecified atom stereocenters. The van der Waals surface area contributed by atoms with E-state index in [1.165, 1.54) is 6.07 Å². The van der Waals surface area contributed by atoms with Gasteiger partial charge >= 0.3 is 0 Å². The van der Waals surface area contributed by atoms with Gasteiger partial charge in [-0.3, -0.25) is 4.79 Å². The molecule has 10 heteroatoms. The van der Waals surface area contributed by atoms with Crippen LogP contribution in [0.2, 0.25) is 5.02 Å². The van der Waals surface area contributed by atoms with Gasteiger partial charge < -0.3 is 14.8 Å². The van der Waals surface area contributed by atoms with Crippen molar-refractivity contribution in [3.8, 4) is 0 Å². The van der Waals surface area contributed by atoms with Gasteiger partial charge in [0.25, 0.3) is 15.9 Å². The number of aromatic nitrogens is 2. The molecule has 5 rings (SSSR count). The standard InChI is InChI=1S/C24H24ClN5O3S/c1-29-13-11-26-23(29)22(16-8-4-2-5-9-16)27-24(31)17-14-20-19(15-18(17)25)30-12-7-3-6-10-21(30)28-34(20,32)33/h2,4-5,8-9,11,13-15,22H,3,6-7,10,12H2,1H3,(H,27,31)/t22-/m0/s1. The van der Waals surface area contributed by atoms with E-state index < -0.39 is 22.0 Å². The normalized spacial score (nSPS) is 17.7. The minimum Gasteiger partial charge on any atom is -0.338 e. The number of aryl methyl sites for hydroxylation is 1. The molecule has 0 bridgehead atoms. The number of amidine groups is 1. The van der Waals surface area contributed by atoms with Crippen molar-refractivity contribution in [1.29, 1.82) is 0 Å². The lowest BCUT2D eigenvalue weighted by Gasteiger charge is -2.30. The van der Waals surface area contributed by atoms with E-state index in [1.807, 2.05) is 46.8 Å². The maximum atomic E-state index is 13.4. The highest BCUT2D eigenvalue weighted by molar-refractivity contribution is 7.90. The van der Waals surface area contributed by atoms with Crippen LogP contribution in [0.15, 0.2) is 64.2 Å². The van der Waals surface area contributed by atoms with Crippen LogP contribution >= 0.6 is 11.6 Å². The second kappa shape index (κ2) is 8.88.